The van der Waals surface area contributed by atoms with Crippen LogP contribution in [0.15, 0.2) is 60.8 Å². The first-order valence-electron chi connectivity index (χ1n) is 13.5. The SMILES string of the molecule is COc1ccc(CCNCCc2cc(C)nc3c2N2C=CC=CC2C3c2c(C)cc(C)cc2C)cc1OC. The van der Waals surface area contributed by atoms with Crippen molar-refractivity contribution in [2.45, 2.75) is 52.5 Å². The van der Waals surface area contributed by atoms with Crippen molar-refractivity contribution in [2.24, 2.45) is 0 Å². The van der Waals surface area contributed by atoms with E-state index >= 15 is 0 Å². The maximum Gasteiger partial charge on any atom is 0.160 e. The largest absolute Gasteiger partial charge is 0.493 e. The highest BCUT2D eigenvalue weighted by molar-refractivity contribution is 5.71. The summed E-state index contributed by atoms with van der Waals surface area (Å²) in [5.41, 5.74) is 11.6. The second-order valence-corrected chi connectivity index (χ2v) is 10.5. The van der Waals surface area contributed by atoms with Gasteiger partial charge in [-0.1, -0.05) is 35.9 Å². The molecule has 0 fully saturated rings. The molecule has 2 aromatic carbocycles. The summed E-state index contributed by atoms with van der Waals surface area (Å²) >= 11 is 0. The molecule has 0 bridgehead atoms. The zero-order chi connectivity index (χ0) is 26.8. The van der Waals surface area contributed by atoms with Crippen LogP contribution in [0, 0.1) is 27.7 Å². The van der Waals surface area contributed by atoms with E-state index in [1.807, 2.05) is 6.07 Å². The number of pyridine rings is 1. The molecule has 1 aromatic heterocycles. The first kappa shape index (κ1) is 26.1. The van der Waals surface area contributed by atoms with Gasteiger partial charge in [0.15, 0.2) is 11.5 Å². The van der Waals surface area contributed by atoms with Crippen LogP contribution >= 0.6 is 0 Å². The van der Waals surface area contributed by atoms with Crippen LogP contribution in [0.25, 0.3) is 0 Å². The van der Waals surface area contributed by atoms with Crippen molar-refractivity contribution in [1.82, 2.24) is 10.3 Å². The van der Waals surface area contributed by atoms with Crippen molar-refractivity contribution in [3.63, 3.8) is 0 Å². The lowest BCUT2D eigenvalue weighted by atomic mass is 9.83. The van der Waals surface area contributed by atoms with E-state index in [0.717, 1.165) is 43.1 Å². The van der Waals surface area contributed by atoms with E-state index in [0.29, 0.717) is 0 Å². The van der Waals surface area contributed by atoms with Gasteiger partial charge in [0, 0.05) is 11.9 Å². The monoisotopic (exact) mass is 509 g/mol. The summed E-state index contributed by atoms with van der Waals surface area (Å²) in [5, 5.41) is 3.66. The highest BCUT2D eigenvalue weighted by atomic mass is 16.5. The molecule has 5 nitrogen and oxygen atoms in total. The quantitative estimate of drug-likeness (QED) is 0.353. The van der Waals surface area contributed by atoms with Crippen molar-refractivity contribution < 1.29 is 9.47 Å². The van der Waals surface area contributed by atoms with E-state index in [2.05, 4.69) is 92.7 Å². The average Bonchev–Trinajstić information content (AvgIpc) is 3.21. The van der Waals surface area contributed by atoms with Crippen molar-refractivity contribution in [1.29, 1.82) is 0 Å². The summed E-state index contributed by atoms with van der Waals surface area (Å²) in [5.74, 6) is 1.77. The molecule has 2 aliphatic heterocycles. The Morgan fingerprint density at radius 2 is 1.61 bits per heavy atom. The van der Waals surface area contributed by atoms with E-state index in [1.165, 1.54) is 44.8 Å². The molecule has 5 rings (SSSR count). The molecule has 0 spiro atoms. The molecule has 5 heteroatoms. The van der Waals surface area contributed by atoms with E-state index in [1.54, 1.807) is 14.2 Å². The third kappa shape index (κ3) is 4.95. The molecule has 0 saturated heterocycles. The number of nitrogens with one attached hydrogen (secondary N) is 1. The van der Waals surface area contributed by atoms with E-state index in [-0.39, 0.29) is 12.0 Å². The molecule has 0 aliphatic carbocycles. The number of benzene rings is 2. The zero-order valence-electron chi connectivity index (χ0n) is 23.5. The molecule has 198 valence electrons. The lowest BCUT2D eigenvalue weighted by molar-refractivity contribution is 0.354. The van der Waals surface area contributed by atoms with Gasteiger partial charge in [-0.25, -0.2) is 0 Å². The highest BCUT2D eigenvalue weighted by Crippen LogP contribution is 2.49. The van der Waals surface area contributed by atoms with Gasteiger partial charge in [0.1, 0.15) is 0 Å². The number of rotatable bonds is 9. The van der Waals surface area contributed by atoms with Gasteiger partial charge in [-0.05, 0) is 106 Å². The lowest BCUT2D eigenvalue weighted by Gasteiger charge is -2.29. The van der Waals surface area contributed by atoms with Crippen molar-refractivity contribution in [2.75, 3.05) is 32.2 Å². The van der Waals surface area contributed by atoms with Crippen molar-refractivity contribution >= 4 is 5.69 Å². The maximum absolute atomic E-state index is 5.45. The van der Waals surface area contributed by atoms with Crippen LogP contribution < -0.4 is 19.7 Å². The molecule has 38 heavy (non-hydrogen) atoms. The van der Waals surface area contributed by atoms with Crippen LogP contribution in [0.2, 0.25) is 0 Å². The minimum atomic E-state index is 0.225. The Kier molecular flexibility index (Phi) is 7.57. The van der Waals surface area contributed by atoms with Crippen molar-refractivity contribution in [3.8, 4) is 11.5 Å². The molecule has 3 aromatic rings. The topological polar surface area (TPSA) is 46.6 Å². The Labute approximate surface area is 227 Å². The van der Waals surface area contributed by atoms with Gasteiger partial charge in [0.2, 0.25) is 0 Å². The second-order valence-electron chi connectivity index (χ2n) is 10.5. The van der Waals surface area contributed by atoms with Gasteiger partial charge in [-0.3, -0.25) is 4.98 Å². The first-order valence-corrected chi connectivity index (χ1v) is 13.5. The minimum Gasteiger partial charge on any atom is -0.493 e. The summed E-state index contributed by atoms with van der Waals surface area (Å²) in [4.78, 5) is 7.61. The number of ether oxygens (including phenoxy) is 2. The van der Waals surface area contributed by atoms with Gasteiger partial charge >= 0.3 is 0 Å². The van der Waals surface area contributed by atoms with Crippen LogP contribution in [0.1, 0.15) is 50.7 Å². The Balaban J connectivity index is 1.36. The fraction of sp³-hybridized carbons (Fsp3) is 0.364. The fourth-order valence-corrected chi connectivity index (χ4v) is 6.24. The number of hydrogen-bond donors (Lipinski definition) is 1. The van der Waals surface area contributed by atoms with Crippen molar-refractivity contribution in [3.05, 3.63) is 106 Å². The van der Waals surface area contributed by atoms with E-state index in [9.17, 15) is 0 Å². The molecule has 2 atom stereocenters. The Bertz CT molecular complexity index is 1370. The number of allylic oxidation sites excluding steroid dienone is 2. The van der Waals surface area contributed by atoms with Gasteiger partial charge in [-0.2, -0.15) is 0 Å². The standard InChI is InChI=1S/C33H39N3O2/c1-21-17-22(2)30(23(3)18-21)31-27-9-7-8-16-36(27)33-26(19-24(4)35-32(31)33)13-15-34-14-12-25-10-11-28(37-5)29(20-25)38-6/h7-11,16-20,27,31,34H,12-15H2,1-6H3. The molecule has 0 amide bonds. The number of nitrogens with zero attached hydrogens (tertiary/aromatic N) is 2. The number of methoxy groups -OCH3 is 2. The molecule has 0 saturated carbocycles. The van der Waals surface area contributed by atoms with Gasteiger partial charge in [0.05, 0.1) is 37.6 Å². The summed E-state index contributed by atoms with van der Waals surface area (Å²) in [6.07, 6.45) is 10.8. The molecule has 2 aliphatic rings. The second kappa shape index (κ2) is 11.0. The highest BCUT2D eigenvalue weighted by Gasteiger charge is 2.41. The molecular formula is C33H39N3O2. The van der Waals surface area contributed by atoms with Gasteiger partial charge < -0.3 is 19.7 Å². The summed E-state index contributed by atoms with van der Waals surface area (Å²) in [6, 6.07) is 13.3. The number of aryl methyl sites for hydroxylation is 4. The predicted molar refractivity (Wildman–Crippen MR) is 156 cm³/mol. The zero-order valence-corrected chi connectivity index (χ0v) is 23.5. The average molecular weight is 510 g/mol. The maximum atomic E-state index is 5.45. The molecule has 1 N–H and O–H groups in total. The summed E-state index contributed by atoms with van der Waals surface area (Å²) in [7, 11) is 3.35. The minimum absolute atomic E-state index is 0.225. The third-order valence-corrected chi connectivity index (χ3v) is 7.77. The van der Waals surface area contributed by atoms with Crippen LogP contribution in [-0.2, 0) is 12.8 Å². The number of fused-ring (bicyclic) bond motifs is 3. The number of aromatic nitrogens is 1. The van der Waals surface area contributed by atoms with Crippen LogP contribution in [0.3, 0.4) is 0 Å². The van der Waals surface area contributed by atoms with Crippen LogP contribution in [-0.4, -0.2) is 38.3 Å². The van der Waals surface area contributed by atoms with E-state index < -0.39 is 0 Å². The normalized spacial score (nSPS) is 17.5. The van der Waals surface area contributed by atoms with Gasteiger partial charge in [-0.15, -0.1) is 0 Å². The van der Waals surface area contributed by atoms with E-state index in [4.69, 9.17) is 14.5 Å². The van der Waals surface area contributed by atoms with Crippen LogP contribution in [0.4, 0.5) is 5.69 Å². The lowest BCUT2D eigenvalue weighted by Crippen LogP contribution is -2.30. The molecular weight excluding hydrogens is 470 g/mol. The first-order chi connectivity index (χ1) is 18.4. The summed E-state index contributed by atoms with van der Waals surface area (Å²) < 4.78 is 10.8. The third-order valence-electron chi connectivity index (χ3n) is 7.77. The van der Waals surface area contributed by atoms with Crippen LogP contribution in [0.5, 0.6) is 11.5 Å². The van der Waals surface area contributed by atoms with Gasteiger partial charge in [0.25, 0.3) is 0 Å². The predicted octanol–water partition coefficient (Wildman–Crippen LogP) is 6.11. The smallest absolute Gasteiger partial charge is 0.160 e. The number of hydrogen-bond acceptors (Lipinski definition) is 5. The molecule has 2 unspecified atom stereocenters. The molecule has 0 radical (unpaired) electrons. The number of anilines is 1. The Hall–Kier alpha value is -3.57. The Morgan fingerprint density at radius 1 is 0.868 bits per heavy atom. The fourth-order valence-electron chi connectivity index (χ4n) is 6.24. The molecule has 3 heterocycles. The summed E-state index contributed by atoms with van der Waals surface area (Å²) in [6.45, 7) is 10.6. The Morgan fingerprint density at radius 3 is 2.34 bits per heavy atom.